The summed E-state index contributed by atoms with van der Waals surface area (Å²) in [6.07, 6.45) is 6.30. The Morgan fingerprint density at radius 1 is 1.11 bits per heavy atom. The van der Waals surface area contributed by atoms with E-state index >= 15 is 8.78 Å². The molecule has 2 aromatic carbocycles. The topological polar surface area (TPSA) is 53.5 Å². The van der Waals surface area contributed by atoms with Crippen molar-refractivity contribution in [2.75, 3.05) is 11.9 Å². The van der Waals surface area contributed by atoms with Gasteiger partial charge in [0.25, 0.3) is 0 Å². The lowest BCUT2D eigenvalue weighted by atomic mass is 9.74. The van der Waals surface area contributed by atoms with Crippen LogP contribution in [0.25, 0.3) is 0 Å². The molecular weight excluding hydrogens is 448 g/mol. The summed E-state index contributed by atoms with van der Waals surface area (Å²) in [6, 6.07) is 12.5. The van der Waals surface area contributed by atoms with E-state index in [2.05, 4.69) is 16.8 Å². The van der Waals surface area contributed by atoms with Gasteiger partial charge in [-0.15, -0.1) is 0 Å². The summed E-state index contributed by atoms with van der Waals surface area (Å²) in [5, 5.41) is 0. The molecular formula is C28H25F2N3O2. The largest absolute Gasteiger partial charge is 0.331 e. The molecule has 0 unspecified atom stereocenters. The number of halogens is 2. The number of fused-ring (bicyclic) bond motifs is 1. The molecule has 0 bridgehead atoms. The van der Waals surface area contributed by atoms with Crippen LogP contribution in [0.2, 0.25) is 0 Å². The number of carbonyl (C=O) groups excluding carboxylic acids is 2. The molecule has 0 saturated carbocycles. The van der Waals surface area contributed by atoms with Gasteiger partial charge in [0.15, 0.2) is 11.6 Å². The van der Waals surface area contributed by atoms with Crippen LogP contribution < -0.4 is 4.90 Å². The van der Waals surface area contributed by atoms with E-state index in [1.165, 1.54) is 11.1 Å². The Kier molecular flexibility index (Phi) is 6.92. The molecule has 3 aromatic rings. The fraction of sp³-hybridized carbons (Fsp3) is 0.250. The monoisotopic (exact) mass is 473 g/mol. The molecule has 7 heteroatoms. The highest BCUT2D eigenvalue weighted by atomic mass is 19.1. The lowest BCUT2D eigenvalue weighted by Gasteiger charge is -2.46. The van der Waals surface area contributed by atoms with E-state index in [-0.39, 0.29) is 12.0 Å². The number of rotatable bonds is 4. The van der Waals surface area contributed by atoms with Crippen molar-refractivity contribution in [1.29, 1.82) is 0 Å². The molecule has 0 N–H and O–H groups in total. The lowest BCUT2D eigenvalue weighted by molar-refractivity contribution is -0.107. The number of benzene rings is 2. The smallest absolute Gasteiger partial charge is 0.317 e. The number of hydrogen-bond donors (Lipinski definition) is 0. The van der Waals surface area contributed by atoms with Gasteiger partial charge in [-0.25, -0.2) is 18.5 Å². The molecule has 0 spiro atoms. The van der Waals surface area contributed by atoms with E-state index in [1.54, 1.807) is 25.4 Å². The summed E-state index contributed by atoms with van der Waals surface area (Å²) in [7, 11) is 1.58. The average Bonchev–Trinajstić information content (AvgIpc) is 2.89. The number of urea groups is 1. The number of anilines is 1. The zero-order chi connectivity index (χ0) is 25.0. The second kappa shape index (κ2) is 10.1. The van der Waals surface area contributed by atoms with Gasteiger partial charge in [-0.2, -0.15) is 0 Å². The van der Waals surface area contributed by atoms with Gasteiger partial charge in [0, 0.05) is 30.6 Å². The third-order valence-electron chi connectivity index (χ3n) is 6.65. The summed E-state index contributed by atoms with van der Waals surface area (Å²) in [4.78, 5) is 31.4. The Bertz CT molecular complexity index is 1290. The second-order valence-electron chi connectivity index (χ2n) is 8.49. The lowest BCUT2D eigenvalue weighted by Crippen LogP contribution is -2.53. The van der Waals surface area contributed by atoms with E-state index in [0.717, 1.165) is 36.1 Å². The van der Waals surface area contributed by atoms with Gasteiger partial charge in [-0.3, -0.25) is 9.78 Å². The first-order chi connectivity index (χ1) is 16.9. The van der Waals surface area contributed by atoms with Gasteiger partial charge in [-0.05, 0) is 61.1 Å². The highest BCUT2D eigenvalue weighted by Gasteiger charge is 2.43. The minimum Gasteiger partial charge on any atom is -0.317 e. The van der Waals surface area contributed by atoms with Crippen molar-refractivity contribution in [3.8, 4) is 11.8 Å². The summed E-state index contributed by atoms with van der Waals surface area (Å²) >= 11 is 0. The van der Waals surface area contributed by atoms with Gasteiger partial charge in [-0.1, -0.05) is 43.0 Å². The van der Waals surface area contributed by atoms with Crippen molar-refractivity contribution in [1.82, 2.24) is 9.88 Å². The van der Waals surface area contributed by atoms with Crippen molar-refractivity contribution in [2.24, 2.45) is 0 Å². The maximum absolute atomic E-state index is 15.1. The van der Waals surface area contributed by atoms with E-state index in [1.807, 2.05) is 31.2 Å². The molecule has 0 radical (unpaired) electrons. The fourth-order valence-corrected chi connectivity index (χ4v) is 4.84. The van der Waals surface area contributed by atoms with Crippen molar-refractivity contribution in [3.63, 3.8) is 0 Å². The van der Waals surface area contributed by atoms with Crippen molar-refractivity contribution >= 4 is 18.1 Å². The fourth-order valence-electron chi connectivity index (χ4n) is 4.84. The summed E-state index contributed by atoms with van der Waals surface area (Å²) in [5.74, 6) is 3.36. The van der Waals surface area contributed by atoms with Gasteiger partial charge in [0.1, 0.15) is 5.69 Å². The zero-order valence-corrected chi connectivity index (χ0v) is 19.6. The van der Waals surface area contributed by atoms with Crippen molar-refractivity contribution < 1.29 is 18.4 Å². The molecule has 4 rings (SSSR count). The second-order valence-corrected chi connectivity index (χ2v) is 8.49. The quantitative estimate of drug-likeness (QED) is 0.376. The number of imide groups is 1. The number of nitrogens with zero attached hydrogens (tertiary/aromatic N) is 3. The van der Waals surface area contributed by atoms with Gasteiger partial charge >= 0.3 is 6.03 Å². The van der Waals surface area contributed by atoms with E-state index < -0.39 is 28.9 Å². The molecule has 0 aliphatic heterocycles. The number of aromatic nitrogens is 1. The molecule has 35 heavy (non-hydrogen) atoms. The molecule has 0 fully saturated rings. The first-order valence-corrected chi connectivity index (χ1v) is 11.4. The molecule has 1 aromatic heterocycles. The van der Waals surface area contributed by atoms with E-state index in [4.69, 9.17) is 0 Å². The minimum atomic E-state index is -1.05. The van der Waals surface area contributed by atoms with E-state index in [0.29, 0.717) is 23.3 Å². The Hall–Kier alpha value is -4.05. The maximum atomic E-state index is 15.1. The Morgan fingerprint density at radius 3 is 2.49 bits per heavy atom. The average molecular weight is 474 g/mol. The highest BCUT2D eigenvalue weighted by molar-refractivity contribution is 6.06. The molecule has 1 aliphatic carbocycles. The van der Waals surface area contributed by atoms with Crippen LogP contribution in [-0.2, 0) is 16.8 Å². The molecule has 3 amide bonds. The van der Waals surface area contributed by atoms with Crippen molar-refractivity contribution in [2.45, 2.75) is 38.1 Å². The van der Waals surface area contributed by atoms with Crippen LogP contribution in [0.15, 0.2) is 60.9 Å². The first kappa shape index (κ1) is 24.1. The summed E-state index contributed by atoms with van der Waals surface area (Å²) in [5.41, 5.74) is 1.38. The molecule has 0 saturated heterocycles. The molecule has 1 atom stereocenters. The highest BCUT2D eigenvalue weighted by Crippen LogP contribution is 2.43. The van der Waals surface area contributed by atoms with Crippen LogP contribution in [0.4, 0.5) is 19.3 Å². The van der Waals surface area contributed by atoms with Gasteiger partial charge in [0.2, 0.25) is 6.41 Å². The number of aryl methyl sites for hydroxylation is 1. The third kappa shape index (κ3) is 4.52. The number of pyridine rings is 1. The van der Waals surface area contributed by atoms with Crippen LogP contribution in [0.3, 0.4) is 0 Å². The molecule has 178 valence electrons. The first-order valence-electron chi connectivity index (χ1n) is 11.4. The van der Waals surface area contributed by atoms with Crippen LogP contribution in [0.1, 0.15) is 48.4 Å². The Labute approximate surface area is 203 Å². The third-order valence-corrected chi connectivity index (χ3v) is 6.65. The number of carbonyl (C=O) groups is 2. The van der Waals surface area contributed by atoms with Crippen LogP contribution in [-0.4, -0.2) is 29.4 Å². The minimum absolute atomic E-state index is 0.0745. The Morgan fingerprint density at radius 2 is 1.83 bits per heavy atom. The molecule has 1 aliphatic rings. The van der Waals surface area contributed by atoms with Gasteiger partial charge in [0.05, 0.1) is 5.54 Å². The zero-order valence-electron chi connectivity index (χ0n) is 19.6. The normalized spacial score (nSPS) is 16.5. The van der Waals surface area contributed by atoms with Crippen LogP contribution in [0.5, 0.6) is 0 Å². The predicted molar refractivity (Wildman–Crippen MR) is 130 cm³/mol. The SMILES string of the molecule is CC[C@@]1(N(C)C(=O)N(C=O)c2c(F)cc(C#Cc3cccnc3)cc2F)CCCc2ccccc21. The Balaban J connectivity index is 1.68. The maximum Gasteiger partial charge on any atom is 0.331 e. The number of amides is 3. The summed E-state index contributed by atoms with van der Waals surface area (Å²) < 4.78 is 30.1. The van der Waals surface area contributed by atoms with Gasteiger partial charge < -0.3 is 4.90 Å². The van der Waals surface area contributed by atoms with E-state index in [9.17, 15) is 9.59 Å². The standard InChI is InChI=1S/C28H25F2N3O2/c1-3-28(14-6-10-22-9-4-5-11-23(22)28)32(2)27(35)33(19-34)26-24(29)16-21(17-25(26)30)13-12-20-8-7-15-31-18-20/h4-5,7-9,11,15-19H,3,6,10,14H2,1-2H3/t28-/m1/s1. The molecule has 5 nitrogen and oxygen atoms in total. The molecule has 1 heterocycles. The van der Waals surface area contributed by atoms with Crippen LogP contribution in [0, 0.1) is 23.5 Å². The number of hydrogen-bond acceptors (Lipinski definition) is 3. The van der Waals surface area contributed by atoms with Crippen LogP contribution >= 0.6 is 0 Å². The predicted octanol–water partition coefficient (Wildman–Crippen LogP) is 5.42. The summed E-state index contributed by atoms with van der Waals surface area (Å²) in [6.45, 7) is 1.97. The van der Waals surface area contributed by atoms with Crippen molar-refractivity contribution in [3.05, 3.63) is 94.8 Å².